The molecule has 13 heavy (non-hydrogen) atoms. The molecule has 0 aliphatic rings. The molecule has 67 valence electrons. The Hall–Kier alpha value is -0.570. The third kappa shape index (κ3) is 2.69. The molecule has 0 spiro atoms. The average Bonchev–Trinajstić information content (AvgIpc) is 2.15. The highest BCUT2D eigenvalue weighted by molar-refractivity contribution is 14.1. The first-order chi connectivity index (χ1) is 6.17. The molecule has 0 bridgehead atoms. The number of hydrogen-bond donors (Lipinski definition) is 0. The quantitative estimate of drug-likeness (QED) is 0.734. The fraction of sp³-hybridized carbons (Fsp3) is 0.0833. The third-order valence-corrected chi connectivity index (χ3v) is 2.54. The average molecular weight is 283 g/mol. The smallest absolute Gasteiger partial charge is 0.0230 e. The van der Waals surface area contributed by atoms with Crippen LogP contribution < -0.4 is 0 Å². The Bertz CT molecular complexity index is 326. The van der Waals surface area contributed by atoms with Crippen LogP contribution >= 0.6 is 22.6 Å². The molecule has 0 saturated carbocycles. The van der Waals surface area contributed by atoms with E-state index in [0.29, 0.717) is 0 Å². The Morgan fingerprint density at radius 2 is 2.00 bits per heavy atom. The molecular weight excluding hydrogens is 271 g/mol. The maximum absolute atomic E-state index is 3.76. The van der Waals surface area contributed by atoms with E-state index >= 15 is 0 Å². The molecule has 0 aliphatic carbocycles. The summed E-state index contributed by atoms with van der Waals surface area (Å²) in [7, 11) is 0. The van der Waals surface area contributed by atoms with Gasteiger partial charge < -0.3 is 0 Å². The molecule has 0 amide bonds. The molecule has 1 rings (SSSR count). The van der Waals surface area contributed by atoms with Crippen molar-refractivity contribution in [2.24, 2.45) is 0 Å². The van der Waals surface area contributed by atoms with Crippen LogP contribution in [-0.2, 0) is 0 Å². The zero-order valence-electron chi connectivity index (χ0n) is 7.68. The van der Waals surface area contributed by atoms with E-state index in [1.165, 1.54) is 15.1 Å². The van der Waals surface area contributed by atoms with Gasteiger partial charge in [-0.1, -0.05) is 31.7 Å². The molecule has 1 aromatic rings. The lowest BCUT2D eigenvalue weighted by Crippen LogP contribution is -1.91. The van der Waals surface area contributed by atoms with Gasteiger partial charge in [-0.15, -0.1) is 6.58 Å². The Morgan fingerprint density at radius 1 is 1.31 bits per heavy atom. The topological polar surface area (TPSA) is 0 Å². The summed E-state index contributed by atoms with van der Waals surface area (Å²) in [4.78, 5) is 0. The minimum Gasteiger partial charge on any atom is -0.102 e. The Labute approximate surface area is 93.5 Å². The van der Waals surface area contributed by atoms with Crippen LogP contribution in [0.15, 0.2) is 37.4 Å². The summed E-state index contributed by atoms with van der Waals surface area (Å²) in [5.74, 6) is 1.20. The van der Waals surface area contributed by atoms with Crippen LogP contribution in [0.3, 0.4) is 0 Å². The van der Waals surface area contributed by atoms with Gasteiger partial charge in [-0.3, -0.25) is 0 Å². The van der Waals surface area contributed by atoms with E-state index in [2.05, 4.69) is 60.9 Å². The van der Waals surface area contributed by atoms with Gasteiger partial charge in [-0.05, 0) is 45.9 Å². The maximum Gasteiger partial charge on any atom is 0.0230 e. The molecule has 0 atom stereocenters. The fourth-order valence-electron chi connectivity index (χ4n) is 1.08. The number of allylic oxidation sites excluding steroid dienone is 1. The molecule has 0 fully saturated rings. The predicted molar refractivity (Wildman–Crippen MR) is 67.5 cm³/mol. The zero-order valence-corrected chi connectivity index (χ0v) is 9.84. The second kappa shape index (κ2) is 4.61. The maximum atomic E-state index is 3.76. The second-order valence-electron chi connectivity index (χ2n) is 2.86. The molecule has 0 nitrogen and oxygen atoms in total. The van der Waals surface area contributed by atoms with Crippen LogP contribution in [0.4, 0.5) is 0 Å². The highest BCUT2D eigenvalue weighted by Gasteiger charge is 2.03. The van der Waals surface area contributed by atoms with Crippen molar-refractivity contribution in [1.29, 1.82) is 0 Å². The van der Waals surface area contributed by atoms with Crippen molar-refractivity contribution < 1.29 is 0 Å². The van der Waals surface area contributed by atoms with Gasteiger partial charge in [0.15, 0.2) is 0 Å². The highest BCUT2D eigenvalue weighted by atomic mass is 127. The molecule has 0 unspecified atom stereocenters. The lowest BCUT2D eigenvalue weighted by atomic mass is 9.99. The third-order valence-electron chi connectivity index (χ3n) is 1.92. The van der Waals surface area contributed by atoms with E-state index in [1.54, 1.807) is 0 Å². The predicted octanol–water partition coefficient (Wildman–Crippen LogP) is 4.06. The number of rotatable bonds is 3. The Kier molecular flexibility index (Phi) is 3.72. The molecule has 1 radical (unpaired) electrons. The highest BCUT2D eigenvalue weighted by Crippen LogP contribution is 2.20. The molecule has 0 aliphatic heterocycles. The van der Waals surface area contributed by atoms with Gasteiger partial charge in [0.05, 0.1) is 0 Å². The van der Waals surface area contributed by atoms with Crippen LogP contribution in [0.2, 0.25) is 0 Å². The van der Waals surface area contributed by atoms with Crippen LogP contribution in [0, 0.1) is 9.49 Å². The van der Waals surface area contributed by atoms with Gasteiger partial charge in [0.1, 0.15) is 0 Å². The van der Waals surface area contributed by atoms with Gasteiger partial charge in [-0.25, -0.2) is 0 Å². The van der Waals surface area contributed by atoms with Crippen molar-refractivity contribution in [3.05, 3.63) is 58.0 Å². The Morgan fingerprint density at radius 3 is 2.54 bits per heavy atom. The van der Waals surface area contributed by atoms with Crippen molar-refractivity contribution in [2.45, 2.75) is 6.92 Å². The summed E-state index contributed by atoms with van der Waals surface area (Å²) in [5, 5.41) is 0. The van der Waals surface area contributed by atoms with Gasteiger partial charge in [0, 0.05) is 9.49 Å². The first-order valence-electron chi connectivity index (χ1n) is 4.06. The van der Waals surface area contributed by atoms with Crippen LogP contribution in [-0.4, -0.2) is 0 Å². The van der Waals surface area contributed by atoms with Crippen molar-refractivity contribution in [2.75, 3.05) is 0 Å². The molecule has 1 aromatic carbocycles. The molecular formula is C12H12I. The van der Waals surface area contributed by atoms with E-state index in [9.17, 15) is 0 Å². The molecule has 0 saturated heterocycles. The van der Waals surface area contributed by atoms with E-state index < -0.39 is 0 Å². The van der Waals surface area contributed by atoms with Crippen molar-refractivity contribution in [3.8, 4) is 0 Å². The summed E-state index contributed by atoms with van der Waals surface area (Å²) in [6, 6.07) is 6.37. The van der Waals surface area contributed by atoms with E-state index in [-0.39, 0.29) is 0 Å². The summed E-state index contributed by atoms with van der Waals surface area (Å²) >= 11 is 2.31. The summed E-state index contributed by atoms with van der Waals surface area (Å²) < 4.78 is 1.23. The Balaban J connectivity index is 3.14. The molecule has 0 aromatic heterocycles. The lowest BCUT2D eigenvalue weighted by Gasteiger charge is -2.07. The minimum absolute atomic E-state index is 1.16. The first kappa shape index (κ1) is 10.5. The van der Waals surface area contributed by atoms with Crippen molar-refractivity contribution in [1.82, 2.24) is 0 Å². The van der Waals surface area contributed by atoms with Gasteiger partial charge in [0.2, 0.25) is 0 Å². The number of halogens is 1. The lowest BCUT2D eigenvalue weighted by molar-refractivity contribution is 1.25. The van der Waals surface area contributed by atoms with Gasteiger partial charge >= 0.3 is 0 Å². The van der Waals surface area contributed by atoms with Crippen molar-refractivity contribution >= 4 is 28.7 Å². The molecule has 0 heterocycles. The van der Waals surface area contributed by atoms with Crippen LogP contribution in [0.1, 0.15) is 18.1 Å². The van der Waals surface area contributed by atoms with E-state index in [1.807, 2.05) is 12.2 Å². The van der Waals surface area contributed by atoms with Crippen molar-refractivity contribution in [3.63, 3.8) is 0 Å². The number of hydrogen-bond acceptors (Lipinski definition) is 0. The summed E-state index contributed by atoms with van der Waals surface area (Å²) in [5.41, 5.74) is 2.37. The normalized spacial score (nSPS) is 10.1. The molecule has 0 N–H and O–H groups in total. The minimum atomic E-state index is 1.16. The molecule has 1 heteroatoms. The summed E-state index contributed by atoms with van der Waals surface area (Å²) in [6.45, 7) is 9.58. The van der Waals surface area contributed by atoms with Gasteiger partial charge in [-0.2, -0.15) is 0 Å². The SMILES string of the molecule is C=C[C](C)c1cc(I)cc(C=C)c1. The number of benzene rings is 1. The summed E-state index contributed by atoms with van der Waals surface area (Å²) in [6.07, 6.45) is 3.74. The van der Waals surface area contributed by atoms with Gasteiger partial charge in [0.25, 0.3) is 0 Å². The van der Waals surface area contributed by atoms with Crippen LogP contribution in [0.5, 0.6) is 0 Å². The monoisotopic (exact) mass is 283 g/mol. The first-order valence-corrected chi connectivity index (χ1v) is 5.14. The van der Waals surface area contributed by atoms with Crippen LogP contribution in [0.25, 0.3) is 6.08 Å². The van der Waals surface area contributed by atoms with E-state index in [4.69, 9.17) is 0 Å². The fourth-order valence-corrected chi connectivity index (χ4v) is 1.77. The second-order valence-corrected chi connectivity index (χ2v) is 4.11. The standard InChI is InChI=1S/C12H12I/c1-4-9(3)11-6-10(5-2)7-12(13)8-11/h4-8H,1-2H2,3H3. The van der Waals surface area contributed by atoms with E-state index in [0.717, 1.165) is 5.56 Å². The zero-order chi connectivity index (χ0) is 9.84. The largest absolute Gasteiger partial charge is 0.102 e.